The highest BCUT2D eigenvalue weighted by atomic mass is 35.5. The number of nitrogens with zero attached hydrogens (tertiary/aromatic N) is 5. The third kappa shape index (κ3) is 7.00. The molecule has 1 aliphatic rings. The number of piperidine rings is 1. The minimum absolute atomic E-state index is 0. The Hall–Kier alpha value is -3.22. The van der Waals surface area contributed by atoms with Gasteiger partial charge in [0.2, 0.25) is 5.95 Å². The zero-order chi connectivity index (χ0) is 26.2. The lowest BCUT2D eigenvalue weighted by Crippen LogP contribution is -2.27. The van der Waals surface area contributed by atoms with Crippen LogP contribution in [-0.2, 0) is 11.3 Å². The van der Waals surface area contributed by atoms with Gasteiger partial charge in [0, 0.05) is 42.1 Å². The van der Waals surface area contributed by atoms with Gasteiger partial charge in [-0.1, -0.05) is 13.3 Å². The molecule has 1 fully saturated rings. The molecular weight excluding hydrogens is 512 g/mol. The molecule has 0 saturated carbocycles. The Morgan fingerprint density at radius 3 is 2.71 bits per heavy atom. The molecule has 0 spiro atoms. The number of halogens is 1. The lowest BCUT2D eigenvalue weighted by molar-refractivity contribution is 0.186. The minimum atomic E-state index is -0.664. The van der Waals surface area contributed by atoms with E-state index in [0.717, 1.165) is 55.8 Å². The molecule has 0 unspecified atom stereocenters. The Labute approximate surface area is 228 Å². The minimum Gasteiger partial charge on any atom is -0.496 e. The van der Waals surface area contributed by atoms with E-state index in [1.165, 1.54) is 7.11 Å². The van der Waals surface area contributed by atoms with Crippen LogP contribution in [0.1, 0.15) is 56.2 Å². The molecule has 38 heavy (non-hydrogen) atoms. The first-order valence-electron chi connectivity index (χ1n) is 12.8. The van der Waals surface area contributed by atoms with E-state index in [1.54, 1.807) is 18.0 Å². The van der Waals surface area contributed by atoms with Gasteiger partial charge in [0.25, 0.3) is 0 Å². The molecule has 0 radical (unpaired) electrons. The molecule has 0 aromatic carbocycles. The van der Waals surface area contributed by atoms with Gasteiger partial charge in [-0.15, -0.1) is 12.4 Å². The smallest absolute Gasteiger partial charge is 0.413 e. The molecule has 0 aliphatic carbocycles. The van der Waals surface area contributed by atoms with Crippen molar-refractivity contribution in [1.82, 2.24) is 30.0 Å². The summed E-state index contributed by atoms with van der Waals surface area (Å²) in [6.45, 7) is 4.52. The number of pyridine rings is 1. The van der Waals surface area contributed by atoms with E-state index in [-0.39, 0.29) is 31.0 Å². The summed E-state index contributed by atoms with van der Waals surface area (Å²) < 4.78 is 12.2. The number of carbonyl (C=O) groups excluding carboxylic acids is 1. The summed E-state index contributed by atoms with van der Waals surface area (Å²) in [5.41, 5.74) is 3.16. The largest absolute Gasteiger partial charge is 0.496 e. The molecule has 1 saturated heterocycles. The molecule has 1 atom stereocenters. The molecule has 208 valence electrons. The number of rotatable bonds is 11. The Morgan fingerprint density at radius 1 is 1.24 bits per heavy atom. The number of amides is 1. The van der Waals surface area contributed by atoms with E-state index in [0.29, 0.717) is 35.7 Å². The maximum atomic E-state index is 11.8. The summed E-state index contributed by atoms with van der Waals surface area (Å²) in [7, 11) is 2.94. The number of aliphatic hydroxyl groups is 1. The van der Waals surface area contributed by atoms with Crippen molar-refractivity contribution in [3.63, 3.8) is 0 Å². The fraction of sp³-hybridized carbons (Fsp3) is 0.560. The SMILES string of the molecule is CCC[C@@H](CCO)Nc1nc(NC(=O)OC)nc2cnn(Cc3cnc(C4CCNCC4)cc3OC)c12.Cl. The van der Waals surface area contributed by atoms with E-state index in [2.05, 4.69) is 37.9 Å². The normalized spacial score (nSPS) is 14.5. The molecule has 1 aliphatic heterocycles. The van der Waals surface area contributed by atoms with Crippen molar-refractivity contribution in [3.05, 3.63) is 29.7 Å². The topological polar surface area (TPSA) is 148 Å². The monoisotopic (exact) mass is 548 g/mol. The summed E-state index contributed by atoms with van der Waals surface area (Å²) in [5, 5.41) is 23.5. The van der Waals surface area contributed by atoms with Gasteiger partial charge in [-0.2, -0.15) is 10.1 Å². The van der Waals surface area contributed by atoms with Gasteiger partial charge >= 0.3 is 6.09 Å². The van der Waals surface area contributed by atoms with Crippen molar-refractivity contribution in [2.24, 2.45) is 0 Å². The van der Waals surface area contributed by atoms with Crippen molar-refractivity contribution in [3.8, 4) is 5.75 Å². The number of aromatic nitrogens is 5. The first-order chi connectivity index (χ1) is 18.1. The molecule has 12 nitrogen and oxygen atoms in total. The van der Waals surface area contributed by atoms with Gasteiger partial charge in [-0.3, -0.25) is 15.0 Å². The highest BCUT2D eigenvalue weighted by Crippen LogP contribution is 2.30. The van der Waals surface area contributed by atoms with Crippen LogP contribution in [0.15, 0.2) is 18.5 Å². The highest BCUT2D eigenvalue weighted by molar-refractivity contribution is 5.89. The summed E-state index contributed by atoms with van der Waals surface area (Å²) >= 11 is 0. The number of fused-ring (bicyclic) bond motifs is 1. The lowest BCUT2D eigenvalue weighted by atomic mass is 9.93. The van der Waals surface area contributed by atoms with E-state index >= 15 is 0 Å². The maximum Gasteiger partial charge on any atom is 0.413 e. The summed E-state index contributed by atoms with van der Waals surface area (Å²) in [4.78, 5) is 25.6. The van der Waals surface area contributed by atoms with Crippen LogP contribution in [0, 0.1) is 0 Å². The van der Waals surface area contributed by atoms with Crippen LogP contribution in [0.25, 0.3) is 11.0 Å². The number of methoxy groups -OCH3 is 2. The van der Waals surface area contributed by atoms with Gasteiger partial charge in [0.15, 0.2) is 5.82 Å². The van der Waals surface area contributed by atoms with E-state index in [9.17, 15) is 9.90 Å². The van der Waals surface area contributed by atoms with Crippen LogP contribution in [0.4, 0.5) is 16.6 Å². The molecule has 13 heteroatoms. The van der Waals surface area contributed by atoms with E-state index < -0.39 is 6.09 Å². The Kier molecular flexibility index (Phi) is 10.9. The zero-order valence-electron chi connectivity index (χ0n) is 22.1. The second kappa shape index (κ2) is 14.1. The number of hydrogen-bond donors (Lipinski definition) is 4. The Morgan fingerprint density at radius 2 is 2.03 bits per heavy atom. The highest BCUT2D eigenvalue weighted by Gasteiger charge is 2.21. The zero-order valence-corrected chi connectivity index (χ0v) is 22.9. The predicted octanol–water partition coefficient (Wildman–Crippen LogP) is 3.31. The first-order valence-corrected chi connectivity index (χ1v) is 12.8. The van der Waals surface area contributed by atoms with Crippen LogP contribution in [-0.4, -0.2) is 75.9 Å². The molecule has 4 heterocycles. The van der Waals surface area contributed by atoms with Gasteiger partial charge in [-0.25, -0.2) is 9.78 Å². The standard InChI is InChI=1S/C25H36N8O4.ClH/c1-4-5-18(8-11-34)29-23-22-20(30-24(31-23)32-25(35)37-3)14-28-33(22)15-17-13-27-19(12-21(17)36-2)16-6-9-26-10-7-16;/h12-14,16,18,26,34H,4-11,15H2,1-3H3,(H2,29,30,31,32,35);1H/t18-;/m0./s1. The van der Waals surface area contributed by atoms with Gasteiger partial charge in [-0.05, 0) is 38.8 Å². The van der Waals surface area contributed by atoms with Crippen LogP contribution in [0.2, 0.25) is 0 Å². The van der Waals surface area contributed by atoms with Crippen LogP contribution < -0.4 is 20.7 Å². The van der Waals surface area contributed by atoms with Gasteiger partial charge in [0.05, 0.1) is 27.0 Å². The summed E-state index contributed by atoms with van der Waals surface area (Å²) in [6.07, 6.45) is 7.28. The van der Waals surface area contributed by atoms with Crippen molar-refractivity contribution >= 4 is 41.3 Å². The number of aliphatic hydroxyl groups excluding tert-OH is 1. The number of anilines is 2. The average Bonchev–Trinajstić information content (AvgIpc) is 3.32. The van der Waals surface area contributed by atoms with Crippen LogP contribution in [0.5, 0.6) is 5.75 Å². The van der Waals surface area contributed by atoms with Gasteiger partial charge in [0.1, 0.15) is 16.8 Å². The molecule has 0 bridgehead atoms. The molecule has 3 aromatic heterocycles. The van der Waals surface area contributed by atoms with Gasteiger partial charge < -0.3 is 25.2 Å². The fourth-order valence-corrected chi connectivity index (χ4v) is 4.70. The average molecular weight is 549 g/mol. The molecular formula is C25H37ClN8O4. The Balaban J connectivity index is 0.00000400. The summed E-state index contributed by atoms with van der Waals surface area (Å²) in [5.74, 6) is 1.79. The van der Waals surface area contributed by atoms with Crippen molar-refractivity contribution in [2.75, 3.05) is 44.5 Å². The fourth-order valence-electron chi connectivity index (χ4n) is 4.70. The van der Waals surface area contributed by atoms with E-state index in [4.69, 9.17) is 14.5 Å². The van der Waals surface area contributed by atoms with Crippen molar-refractivity contribution in [1.29, 1.82) is 0 Å². The van der Waals surface area contributed by atoms with Crippen molar-refractivity contribution < 1.29 is 19.4 Å². The number of ether oxygens (including phenoxy) is 2. The Bertz CT molecular complexity index is 1200. The lowest BCUT2D eigenvalue weighted by Gasteiger charge is -2.23. The number of nitrogens with one attached hydrogen (secondary N) is 3. The van der Waals surface area contributed by atoms with Crippen molar-refractivity contribution in [2.45, 2.75) is 57.5 Å². The third-order valence-electron chi connectivity index (χ3n) is 6.61. The second-order valence-corrected chi connectivity index (χ2v) is 9.14. The van der Waals surface area contributed by atoms with E-state index in [1.807, 2.05) is 12.3 Å². The maximum absolute atomic E-state index is 11.8. The molecule has 4 rings (SSSR count). The quantitative estimate of drug-likeness (QED) is 0.281. The van der Waals surface area contributed by atoms with Crippen LogP contribution in [0.3, 0.4) is 0 Å². The molecule has 3 aromatic rings. The second-order valence-electron chi connectivity index (χ2n) is 9.14. The molecule has 4 N–H and O–H groups in total. The first kappa shape index (κ1) is 29.3. The molecule has 1 amide bonds. The van der Waals surface area contributed by atoms with Crippen LogP contribution >= 0.6 is 12.4 Å². The number of carbonyl (C=O) groups is 1. The number of hydrogen-bond acceptors (Lipinski definition) is 10. The third-order valence-corrected chi connectivity index (χ3v) is 6.61. The summed E-state index contributed by atoms with van der Waals surface area (Å²) in [6, 6.07) is 2.02. The predicted molar refractivity (Wildman–Crippen MR) is 147 cm³/mol.